The van der Waals surface area contributed by atoms with Crippen molar-refractivity contribution >= 4 is 29.7 Å². The highest BCUT2D eigenvalue weighted by molar-refractivity contribution is 7.10. The third-order valence-electron chi connectivity index (χ3n) is 5.41. The van der Waals surface area contributed by atoms with Crippen LogP contribution in [0, 0.1) is 0 Å². The van der Waals surface area contributed by atoms with E-state index in [1.165, 1.54) is 29.7 Å². The first-order valence-electron chi connectivity index (χ1n) is 8.66. The van der Waals surface area contributed by atoms with Gasteiger partial charge in [-0.1, -0.05) is 0 Å². The SMILES string of the molecule is Cl.O=C(c1csc2c1CCCC2)N1CCC(N2CCNCC2)C1. The Morgan fingerprint density at radius 3 is 2.78 bits per heavy atom. The average Bonchev–Trinajstić information content (AvgIpc) is 3.22. The van der Waals surface area contributed by atoms with Gasteiger partial charge in [-0.25, -0.2) is 0 Å². The van der Waals surface area contributed by atoms with Gasteiger partial charge in [0.25, 0.3) is 5.91 Å². The van der Waals surface area contributed by atoms with Crippen molar-refractivity contribution in [2.75, 3.05) is 39.3 Å². The second-order valence-corrected chi connectivity index (χ2v) is 7.70. The molecule has 1 atom stereocenters. The van der Waals surface area contributed by atoms with Crippen molar-refractivity contribution < 1.29 is 4.79 Å². The smallest absolute Gasteiger partial charge is 0.255 e. The zero-order chi connectivity index (χ0) is 14.9. The Balaban J connectivity index is 0.00000156. The number of piperazine rings is 1. The Morgan fingerprint density at radius 1 is 1.17 bits per heavy atom. The molecule has 1 aromatic heterocycles. The number of fused-ring (bicyclic) bond motifs is 1. The van der Waals surface area contributed by atoms with Crippen LogP contribution in [0.1, 0.15) is 40.1 Å². The van der Waals surface area contributed by atoms with Crippen molar-refractivity contribution in [3.8, 4) is 0 Å². The third-order valence-corrected chi connectivity index (χ3v) is 6.50. The van der Waals surface area contributed by atoms with Gasteiger partial charge in [0.2, 0.25) is 0 Å². The van der Waals surface area contributed by atoms with Crippen LogP contribution in [0.2, 0.25) is 0 Å². The van der Waals surface area contributed by atoms with Crippen LogP contribution >= 0.6 is 23.7 Å². The van der Waals surface area contributed by atoms with E-state index in [0.717, 1.165) is 57.7 Å². The second kappa shape index (κ2) is 7.51. The summed E-state index contributed by atoms with van der Waals surface area (Å²) in [5.41, 5.74) is 2.38. The van der Waals surface area contributed by atoms with Gasteiger partial charge in [-0.3, -0.25) is 9.69 Å². The molecule has 4 rings (SSSR count). The van der Waals surface area contributed by atoms with Crippen molar-refractivity contribution in [3.63, 3.8) is 0 Å². The molecule has 1 aliphatic carbocycles. The van der Waals surface area contributed by atoms with Crippen LogP contribution in [0.15, 0.2) is 5.38 Å². The first-order chi connectivity index (χ1) is 10.8. The lowest BCUT2D eigenvalue weighted by Crippen LogP contribution is -2.49. The lowest BCUT2D eigenvalue weighted by molar-refractivity contribution is 0.0772. The lowest BCUT2D eigenvalue weighted by Gasteiger charge is -2.32. The maximum Gasteiger partial charge on any atom is 0.255 e. The minimum Gasteiger partial charge on any atom is -0.337 e. The molecule has 1 N–H and O–H groups in total. The van der Waals surface area contributed by atoms with Crippen LogP contribution in [0.3, 0.4) is 0 Å². The van der Waals surface area contributed by atoms with Gasteiger partial charge in [-0.15, -0.1) is 23.7 Å². The molecule has 0 saturated carbocycles. The summed E-state index contributed by atoms with van der Waals surface area (Å²) >= 11 is 1.80. The summed E-state index contributed by atoms with van der Waals surface area (Å²) in [7, 11) is 0. The highest BCUT2D eigenvalue weighted by atomic mass is 35.5. The minimum absolute atomic E-state index is 0. The number of carbonyl (C=O) groups excluding carboxylic acids is 1. The van der Waals surface area contributed by atoms with Gasteiger partial charge in [-0.2, -0.15) is 0 Å². The third kappa shape index (κ3) is 3.43. The van der Waals surface area contributed by atoms with Gasteiger partial charge in [0, 0.05) is 55.6 Å². The molecule has 0 aromatic carbocycles. The van der Waals surface area contributed by atoms with Gasteiger partial charge in [0.15, 0.2) is 0 Å². The average molecular weight is 356 g/mol. The predicted octanol–water partition coefficient (Wildman–Crippen LogP) is 2.17. The molecular weight excluding hydrogens is 330 g/mol. The monoisotopic (exact) mass is 355 g/mol. The van der Waals surface area contributed by atoms with Crippen LogP contribution in [0.4, 0.5) is 0 Å². The second-order valence-electron chi connectivity index (χ2n) is 6.74. The van der Waals surface area contributed by atoms with E-state index in [1.54, 1.807) is 11.3 Å². The molecular formula is C17H26ClN3OS. The maximum atomic E-state index is 12.9. The van der Waals surface area contributed by atoms with E-state index in [9.17, 15) is 4.79 Å². The lowest BCUT2D eigenvalue weighted by atomic mass is 9.95. The van der Waals surface area contributed by atoms with E-state index < -0.39 is 0 Å². The predicted molar refractivity (Wildman–Crippen MR) is 97.0 cm³/mol. The Hall–Kier alpha value is -0.620. The minimum atomic E-state index is 0. The highest BCUT2D eigenvalue weighted by Gasteiger charge is 2.33. The zero-order valence-corrected chi connectivity index (χ0v) is 15.2. The molecule has 1 aromatic rings. The summed E-state index contributed by atoms with van der Waals surface area (Å²) in [4.78, 5) is 19.0. The molecule has 0 bridgehead atoms. The summed E-state index contributed by atoms with van der Waals surface area (Å²) in [6.07, 6.45) is 5.95. The summed E-state index contributed by atoms with van der Waals surface area (Å²) in [5.74, 6) is 0.289. The fourth-order valence-electron chi connectivity index (χ4n) is 4.12. The molecule has 2 fully saturated rings. The first kappa shape index (κ1) is 17.2. The van der Waals surface area contributed by atoms with Gasteiger partial charge in [0.1, 0.15) is 0 Å². The number of aryl methyl sites for hydroxylation is 1. The van der Waals surface area contributed by atoms with Crippen LogP contribution in [0.25, 0.3) is 0 Å². The summed E-state index contributed by atoms with van der Waals surface area (Å²) < 4.78 is 0. The van der Waals surface area contributed by atoms with Crippen LogP contribution in [-0.2, 0) is 12.8 Å². The summed E-state index contributed by atoms with van der Waals surface area (Å²) in [6, 6.07) is 0.570. The summed E-state index contributed by atoms with van der Waals surface area (Å²) in [5, 5.41) is 5.53. The molecule has 1 amide bonds. The first-order valence-corrected chi connectivity index (χ1v) is 9.54. The van der Waals surface area contributed by atoms with Crippen LogP contribution in [0.5, 0.6) is 0 Å². The Morgan fingerprint density at radius 2 is 1.96 bits per heavy atom. The molecule has 128 valence electrons. The Labute approximate surface area is 148 Å². The van der Waals surface area contributed by atoms with Crippen molar-refractivity contribution in [1.29, 1.82) is 0 Å². The quantitative estimate of drug-likeness (QED) is 0.883. The van der Waals surface area contributed by atoms with Crippen molar-refractivity contribution in [2.45, 2.75) is 38.1 Å². The zero-order valence-electron chi connectivity index (χ0n) is 13.6. The normalized spacial score (nSPS) is 25.0. The van der Waals surface area contributed by atoms with E-state index in [0.29, 0.717) is 6.04 Å². The number of halogens is 1. The topological polar surface area (TPSA) is 35.6 Å². The molecule has 0 radical (unpaired) electrons. The van der Waals surface area contributed by atoms with Gasteiger partial charge >= 0.3 is 0 Å². The van der Waals surface area contributed by atoms with E-state index in [1.807, 2.05) is 0 Å². The number of thiophene rings is 1. The maximum absolute atomic E-state index is 12.9. The number of nitrogens with one attached hydrogen (secondary N) is 1. The van der Waals surface area contributed by atoms with Crippen molar-refractivity contribution in [3.05, 3.63) is 21.4 Å². The molecule has 23 heavy (non-hydrogen) atoms. The fourth-order valence-corrected chi connectivity index (χ4v) is 5.23. The number of amides is 1. The van der Waals surface area contributed by atoms with E-state index >= 15 is 0 Å². The number of carbonyl (C=O) groups is 1. The molecule has 0 spiro atoms. The molecule has 3 aliphatic rings. The van der Waals surface area contributed by atoms with Gasteiger partial charge in [-0.05, 0) is 37.7 Å². The molecule has 1 unspecified atom stereocenters. The summed E-state index contributed by atoms with van der Waals surface area (Å²) in [6.45, 7) is 6.27. The van der Waals surface area contributed by atoms with Crippen molar-refractivity contribution in [1.82, 2.24) is 15.1 Å². The number of rotatable bonds is 2. The highest BCUT2D eigenvalue weighted by Crippen LogP contribution is 2.31. The largest absolute Gasteiger partial charge is 0.337 e. The van der Waals surface area contributed by atoms with Gasteiger partial charge < -0.3 is 10.2 Å². The molecule has 4 nitrogen and oxygen atoms in total. The molecule has 2 saturated heterocycles. The Bertz CT molecular complexity index is 556. The van der Waals surface area contributed by atoms with E-state index in [4.69, 9.17) is 0 Å². The van der Waals surface area contributed by atoms with E-state index in [2.05, 4.69) is 20.5 Å². The number of nitrogens with zero attached hydrogens (tertiary/aromatic N) is 2. The number of hydrogen-bond acceptors (Lipinski definition) is 4. The van der Waals surface area contributed by atoms with Crippen molar-refractivity contribution in [2.24, 2.45) is 0 Å². The molecule has 3 heterocycles. The van der Waals surface area contributed by atoms with Gasteiger partial charge in [0.05, 0.1) is 5.56 Å². The standard InChI is InChI=1S/C17H25N3OS.ClH/c21-17(15-12-22-16-4-2-1-3-14(15)16)20-8-5-13(11-20)19-9-6-18-7-10-19;/h12-13,18H,1-11H2;1H. The number of likely N-dealkylation sites (tertiary alicyclic amines) is 1. The number of hydrogen-bond donors (Lipinski definition) is 1. The van der Waals surface area contributed by atoms with Crippen LogP contribution in [-0.4, -0.2) is 61.0 Å². The molecule has 6 heteroatoms. The molecule has 2 aliphatic heterocycles. The van der Waals surface area contributed by atoms with Crippen LogP contribution < -0.4 is 5.32 Å². The Kier molecular flexibility index (Phi) is 5.62. The fraction of sp³-hybridized carbons (Fsp3) is 0.706. The van der Waals surface area contributed by atoms with E-state index in [-0.39, 0.29) is 18.3 Å².